The van der Waals surface area contributed by atoms with Gasteiger partial charge in [-0.05, 0) is 30.7 Å². The van der Waals surface area contributed by atoms with Crippen LogP contribution in [0.4, 0.5) is 0 Å². The van der Waals surface area contributed by atoms with Crippen molar-refractivity contribution < 1.29 is 19.1 Å². The molecule has 1 amide bonds. The van der Waals surface area contributed by atoms with Gasteiger partial charge in [-0.3, -0.25) is 4.79 Å². The van der Waals surface area contributed by atoms with E-state index >= 15 is 0 Å². The lowest BCUT2D eigenvalue weighted by atomic mass is 10.2. The molecule has 1 N–H and O–H groups in total. The Labute approximate surface area is 104 Å². The minimum absolute atomic E-state index is 0.0471. The number of aliphatic hydroxyl groups excluding tert-OH is 1. The molecule has 0 saturated carbocycles. The zero-order valence-electron chi connectivity index (χ0n) is 9.43. The summed E-state index contributed by atoms with van der Waals surface area (Å²) < 4.78 is 10.4. The summed E-state index contributed by atoms with van der Waals surface area (Å²) >= 11 is 5.63. The molecule has 0 spiro atoms. The summed E-state index contributed by atoms with van der Waals surface area (Å²) in [6.45, 7) is 2.55. The molecule has 0 bridgehead atoms. The summed E-state index contributed by atoms with van der Waals surface area (Å²) in [6.07, 6.45) is -0.333. The molecule has 2 atom stereocenters. The van der Waals surface area contributed by atoms with Gasteiger partial charge in [-0.1, -0.05) is 0 Å². The second-order valence-electron chi connectivity index (χ2n) is 4.05. The number of carbonyl (C=O) groups excluding carboxylic acids is 1. The van der Waals surface area contributed by atoms with Gasteiger partial charge in [-0.15, -0.1) is 0 Å². The first-order valence-corrected chi connectivity index (χ1v) is 5.78. The van der Waals surface area contributed by atoms with Crippen molar-refractivity contribution in [3.63, 3.8) is 0 Å². The molecule has 0 aromatic carbocycles. The molecule has 0 aliphatic carbocycles. The third-order valence-corrected chi connectivity index (χ3v) is 2.96. The van der Waals surface area contributed by atoms with Crippen molar-refractivity contribution >= 4 is 17.5 Å². The monoisotopic (exact) mass is 259 g/mol. The second kappa shape index (κ2) is 5.08. The van der Waals surface area contributed by atoms with Gasteiger partial charge in [0.05, 0.1) is 25.4 Å². The van der Waals surface area contributed by atoms with Crippen LogP contribution in [0.15, 0.2) is 16.5 Å². The van der Waals surface area contributed by atoms with Gasteiger partial charge in [0, 0.05) is 6.54 Å². The second-order valence-corrected chi connectivity index (χ2v) is 4.42. The maximum Gasteiger partial charge on any atom is 0.290 e. The molecule has 1 aromatic heterocycles. The molecule has 1 fully saturated rings. The van der Waals surface area contributed by atoms with Crippen molar-refractivity contribution in [2.45, 2.75) is 19.1 Å². The number of hydrogen-bond donors (Lipinski definition) is 1. The van der Waals surface area contributed by atoms with Crippen LogP contribution in [0.25, 0.3) is 0 Å². The third kappa shape index (κ3) is 2.62. The van der Waals surface area contributed by atoms with Gasteiger partial charge in [0.25, 0.3) is 5.91 Å². The predicted octanol–water partition coefficient (Wildman–Crippen LogP) is 1.15. The molecule has 1 aliphatic rings. The normalized spacial score (nSPS) is 25.0. The van der Waals surface area contributed by atoms with Crippen molar-refractivity contribution in [2.24, 2.45) is 0 Å². The lowest BCUT2D eigenvalue weighted by Crippen LogP contribution is -2.51. The molecular formula is C11H14ClNO4. The van der Waals surface area contributed by atoms with Crippen molar-refractivity contribution in [2.75, 3.05) is 19.8 Å². The largest absolute Gasteiger partial charge is 0.440 e. The molecule has 6 heteroatoms. The van der Waals surface area contributed by atoms with Crippen LogP contribution in [0, 0.1) is 0 Å². The quantitative estimate of drug-likeness (QED) is 0.866. The van der Waals surface area contributed by atoms with Gasteiger partial charge >= 0.3 is 0 Å². The predicted molar refractivity (Wildman–Crippen MR) is 61.0 cm³/mol. The Bertz CT molecular complexity index is 406. The number of morpholine rings is 1. The van der Waals surface area contributed by atoms with Crippen LogP contribution in [0.5, 0.6) is 0 Å². The summed E-state index contributed by atoms with van der Waals surface area (Å²) in [5, 5.41) is 9.23. The number of aliphatic hydroxyl groups is 1. The number of nitrogens with zero attached hydrogens (tertiary/aromatic N) is 1. The van der Waals surface area contributed by atoms with E-state index in [2.05, 4.69) is 0 Å². The van der Waals surface area contributed by atoms with E-state index in [4.69, 9.17) is 25.9 Å². The highest BCUT2D eigenvalue weighted by atomic mass is 35.5. The SMILES string of the molecule is CC1COC(CO)CN1C(=O)c1ccc(Cl)o1. The molecule has 2 rings (SSSR count). The van der Waals surface area contributed by atoms with E-state index in [1.54, 1.807) is 11.0 Å². The fraction of sp³-hybridized carbons (Fsp3) is 0.545. The first-order chi connectivity index (χ1) is 8.11. The number of carbonyl (C=O) groups is 1. The van der Waals surface area contributed by atoms with Crippen LogP contribution < -0.4 is 0 Å². The maximum atomic E-state index is 12.1. The van der Waals surface area contributed by atoms with Gasteiger partial charge in [-0.25, -0.2) is 0 Å². The fourth-order valence-corrected chi connectivity index (χ4v) is 1.93. The van der Waals surface area contributed by atoms with Gasteiger partial charge in [-0.2, -0.15) is 0 Å². The molecule has 17 heavy (non-hydrogen) atoms. The van der Waals surface area contributed by atoms with Crippen molar-refractivity contribution in [1.82, 2.24) is 4.90 Å². The third-order valence-electron chi connectivity index (χ3n) is 2.75. The van der Waals surface area contributed by atoms with Crippen LogP contribution >= 0.6 is 11.6 Å². The molecule has 1 saturated heterocycles. The van der Waals surface area contributed by atoms with Crippen molar-refractivity contribution in [3.05, 3.63) is 23.1 Å². The summed E-state index contributed by atoms with van der Waals surface area (Å²) in [5.41, 5.74) is 0. The number of rotatable bonds is 2. The van der Waals surface area contributed by atoms with Crippen LogP contribution in [-0.4, -0.2) is 47.8 Å². The Balaban J connectivity index is 2.12. The summed E-state index contributed by atoms with van der Waals surface area (Å²) in [4.78, 5) is 13.7. The topological polar surface area (TPSA) is 62.9 Å². The molecule has 94 valence electrons. The van der Waals surface area contributed by atoms with E-state index in [0.717, 1.165) is 0 Å². The summed E-state index contributed by atoms with van der Waals surface area (Å²) in [7, 11) is 0. The van der Waals surface area contributed by atoms with Crippen molar-refractivity contribution in [1.29, 1.82) is 0 Å². The van der Waals surface area contributed by atoms with Crippen LogP contribution in [0.2, 0.25) is 5.22 Å². The van der Waals surface area contributed by atoms with Crippen LogP contribution in [0.1, 0.15) is 17.5 Å². The average molecular weight is 260 g/mol. The number of ether oxygens (including phenoxy) is 1. The highest BCUT2D eigenvalue weighted by molar-refractivity contribution is 6.29. The summed E-state index contributed by atoms with van der Waals surface area (Å²) in [6, 6.07) is 3.03. The molecule has 2 heterocycles. The molecule has 1 aromatic rings. The molecule has 1 aliphatic heterocycles. The van der Waals surface area contributed by atoms with E-state index in [1.807, 2.05) is 6.92 Å². The molecule has 5 nitrogen and oxygen atoms in total. The van der Waals surface area contributed by atoms with E-state index in [-0.39, 0.29) is 35.6 Å². The Hall–Kier alpha value is -1.04. The first kappa shape index (κ1) is 12.4. The van der Waals surface area contributed by atoms with E-state index < -0.39 is 0 Å². The Morgan fingerprint density at radius 2 is 2.41 bits per heavy atom. The standard InChI is InChI=1S/C11H14ClNO4/c1-7-6-16-8(5-14)4-13(7)11(15)9-2-3-10(12)17-9/h2-3,7-8,14H,4-6H2,1H3. The lowest BCUT2D eigenvalue weighted by molar-refractivity contribution is -0.0673. The number of furan rings is 1. The molecular weight excluding hydrogens is 246 g/mol. The first-order valence-electron chi connectivity index (χ1n) is 5.40. The van der Waals surface area contributed by atoms with Gasteiger partial charge in [0.2, 0.25) is 0 Å². The van der Waals surface area contributed by atoms with E-state index in [9.17, 15) is 4.79 Å². The zero-order valence-corrected chi connectivity index (χ0v) is 10.2. The Morgan fingerprint density at radius 3 is 3.00 bits per heavy atom. The van der Waals surface area contributed by atoms with Gasteiger partial charge in [0.15, 0.2) is 11.0 Å². The molecule has 2 unspecified atom stereocenters. The highest BCUT2D eigenvalue weighted by Gasteiger charge is 2.31. The minimum atomic E-state index is -0.333. The van der Waals surface area contributed by atoms with Crippen LogP contribution in [-0.2, 0) is 4.74 Å². The number of amides is 1. The van der Waals surface area contributed by atoms with Crippen LogP contribution in [0.3, 0.4) is 0 Å². The summed E-state index contributed by atoms with van der Waals surface area (Å²) in [5.74, 6) is -0.0217. The van der Waals surface area contributed by atoms with E-state index in [1.165, 1.54) is 6.07 Å². The van der Waals surface area contributed by atoms with E-state index in [0.29, 0.717) is 13.2 Å². The fourth-order valence-electron chi connectivity index (χ4n) is 1.78. The van der Waals surface area contributed by atoms with Crippen molar-refractivity contribution in [3.8, 4) is 0 Å². The van der Waals surface area contributed by atoms with Gasteiger partial charge < -0.3 is 19.2 Å². The smallest absolute Gasteiger partial charge is 0.290 e. The Morgan fingerprint density at radius 1 is 1.65 bits per heavy atom. The minimum Gasteiger partial charge on any atom is -0.440 e. The average Bonchev–Trinajstić information content (AvgIpc) is 2.76. The maximum absolute atomic E-state index is 12.1. The highest BCUT2D eigenvalue weighted by Crippen LogP contribution is 2.19. The zero-order chi connectivity index (χ0) is 12.4. The number of hydrogen-bond acceptors (Lipinski definition) is 4. The Kier molecular flexibility index (Phi) is 3.71. The molecule has 0 radical (unpaired) electrons. The number of halogens is 1. The van der Waals surface area contributed by atoms with Gasteiger partial charge in [0.1, 0.15) is 0 Å². The lowest BCUT2D eigenvalue weighted by Gasteiger charge is -2.36.